The molecule has 1 aliphatic rings. The number of rotatable bonds is 36. The number of unbranched alkanes of at least 4 members (excludes halogenated alkanes) is 30. The fourth-order valence-electron chi connectivity index (χ4n) is 7.77. The number of ether oxygens (including phenoxy) is 1. The van der Waals surface area contributed by atoms with E-state index in [2.05, 4.69) is 23.9 Å². The van der Waals surface area contributed by atoms with E-state index in [0.717, 1.165) is 19.5 Å². The predicted octanol–water partition coefficient (Wildman–Crippen LogP) is 10.5. The van der Waals surface area contributed by atoms with Crippen molar-refractivity contribution < 1.29 is 31.1 Å². The molecule has 0 saturated carbocycles. The van der Waals surface area contributed by atoms with Crippen molar-refractivity contribution in [1.29, 1.82) is 0 Å². The van der Waals surface area contributed by atoms with E-state index in [1.54, 1.807) is 4.88 Å². The van der Waals surface area contributed by atoms with Gasteiger partial charge in [-0.15, -0.1) is 0 Å². The molecule has 1 aromatic heterocycles. The molecule has 1 aliphatic heterocycles. The first kappa shape index (κ1) is 48.6. The molecule has 300 valence electrons. The Hall–Kier alpha value is -0.460. The number of carbonyl (C=O) groups excluding carboxylic acids is 1. The van der Waals surface area contributed by atoms with E-state index in [1.807, 2.05) is 16.2 Å². The largest absolute Gasteiger partial charge is 1.00 e. The van der Waals surface area contributed by atoms with E-state index < -0.39 is 0 Å². The summed E-state index contributed by atoms with van der Waals surface area (Å²) in [7, 11) is 0. The molecule has 1 saturated heterocycles. The summed E-state index contributed by atoms with van der Waals surface area (Å²) in [6.07, 6.45) is 47.5. The van der Waals surface area contributed by atoms with Crippen LogP contribution in [0.25, 0.3) is 0 Å². The average molecular weight is 798 g/mol. The van der Waals surface area contributed by atoms with Crippen LogP contribution in [-0.2, 0) is 28.9 Å². The van der Waals surface area contributed by atoms with Gasteiger partial charge in [0, 0.05) is 19.5 Å². The van der Waals surface area contributed by atoms with Crippen molar-refractivity contribution in [2.45, 2.75) is 239 Å². The highest BCUT2D eigenvalue weighted by Crippen LogP contribution is 2.21. The van der Waals surface area contributed by atoms with Gasteiger partial charge in [0.15, 0.2) is 5.69 Å². The molecule has 2 rings (SSSR count). The van der Waals surface area contributed by atoms with E-state index in [-0.39, 0.29) is 22.9 Å². The van der Waals surface area contributed by atoms with Gasteiger partial charge in [-0.3, -0.25) is 4.79 Å². The number of halogens is 1. The fraction of sp³-hybridized carbons (Fsp3) is 0.911. The molecule has 1 fully saturated rings. The van der Waals surface area contributed by atoms with Gasteiger partial charge in [0.05, 0.1) is 18.1 Å². The first-order valence-electron chi connectivity index (χ1n) is 22.6. The predicted molar refractivity (Wildman–Crippen MR) is 218 cm³/mol. The number of nitrogens with zero attached hydrogens (tertiary/aromatic N) is 2. The molecule has 2 heterocycles. The summed E-state index contributed by atoms with van der Waals surface area (Å²) in [4.78, 5) is 16.7. The van der Waals surface area contributed by atoms with E-state index in [0.29, 0.717) is 19.8 Å². The third kappa shape index (κ3) is 26.9. The molecule has 1 amide bonds. The molecule has 1 aromatic rings. The number of thiazole rings is 1. The zero-order valence-corrected chi connectivity index (χ0v) is 36.6. The molecule has 51 heavy (non-hydrogen) atoms. The van der Waals surface area contributed by atoms with Crippen molar-refractivity contribution in [3.05, 3.63) is 16.1 Å². The maximum atomic E-state index is 13.1. The van der Waals surface area contributed by atoms with Crippen LogP contribution in [-0.4, -0.2) is 37.1 Å². The molecule has 0 N–H and O–H groups in total. The number of aryl methyl sites for hydroxylation is 1. The Labute approximate surface area is 332 Å². The molecule has 0 unspecified atom stereocenters. The van der Waals surface area contributed by atoms with Crippen molar-refractivity contribution in [1.82, 2.24) is 4.90 Å². The zero-order valence-electron chi connectivity index (χ0n) is 34.2. The molecular weight excluding hydrogens is 712 g/mol. The van der Waals surface area contributed by atoms with E-state index in [1.165, 1.54) is 218 Å². The molecule has 0 aromatic carbocycles. The molecule has 0 spiro atoms. The molecule has 0 radical (unpaired) electrons. The Morgan fingerprint density at radius 3 is 1.25 bits per heavy atom. The minimum atomic E-state index is 0. The summed E-state index contributed by atoms with van der Waals surface area (Å²) in [6.45, 7) is 7.94. The number of carbonyl (C=O) groups is 1. The normalized spacial score (nSPS) is 13.2. The van der Waals surface area contributed by atoms with Gasteiger partial charge in [-0.1, -0.05) is 218 Å². The van der Waals surface area contributed by atoms with Gasteiger partial charge in [-0.05, 0) is 19.3 Å². The summed E-state index contributed by atoms with van der Waals surface area (Å²) >= 11 is 1.91. The van der Waals surface area contributed by atoms with Crippen molar-refractivity contribution >= 4 is 17.2 Å². The van der Waals surface area contributed by atoms with E-state index in [9.17, 15) is 4.79 Å². The van der Waals surface area contributed by atoms with E-state index in [4.69, 9.17) is 4.74 Å². The van der Waals surface area contributed by atoms with E-state index >= 15 is 0 Å². The summed E-state index contributed by atoms with van der Waals surface area (Å²) in [5.41, 5.74) is 3.71. The van der Waals surface area contributed by atoms with Gasteiger partial charge in [-0.25, -0.2) is 0 Å². The Morgan fingerprint density at radius 1 is 0.549 bits per heavy atom. The molecule has 0 bridgehead atoms. The second-order valence-electron chi connectivity index (χ2n) is 15.8. The van der Waals surface area contributed by atoms with Crippen LogP contribution in [0.4, 0.5) is 0 Å². The fourth-order valence-corrected chi connectivity index (χ4v) is 8.84. The van der Waals surface area contributed by atoms with Gasteiger partial charge in [0.1, 0.15) is 0 Å². The van der Waals surface area contributed by atoms with Crippen LogP contribution >= 0.6 is 11.3 Å². The van der Waals surface area contributed by atoms with Crippen LogP contribution in [0.1, 0.15) is 230 Å². The minimum absolute atomic E-state index is 0. The highest BCUT2D eigenvalue weighted by atomic mass is 79.9. The third-order valence-electron chi connectivity index (χ3n) is 11.2. The Morgan fingerprint density at radius 2 is 0.882 bits per heavy atom. The molecule has 6 heteroatoms. The first-order chi connectivity index (χ1) is 24.8. The minimum Gasteiger partial charge on any atom is -1.00 e. The highest BCUT2D eigenvalue weighted by Gasteiger charge is 2.25. The average Bonchev–Trinajstić information content (AvgIpc) is 3.51. The molecule has 4 nitrogen and oxygen atoms in total. The smallest absolute Gasteiger partial charge is 0.288 e. The molecular formula is C45H85BrN2O2S. The zero-order chi connectivity index (χ0) is 35.6. The van der Waals surface area contributed by atoms with Gasteiger partial charge in [0.25, 0.3) is 5.91 Å². The van der Waals surface area contributed by atoms with Crippen LogP contribution in [0, 0.1) is 0 Å². The number of hydrogen-bond acceptors (Lipinski definition) is 3. The summed E-state index contributed by atoms with van der Waals surface area (Å²) < 4.78 is 7.81. The van der Waals surface area contributed by atoms with Crippen LogP contribution in [0.5, 0.6) is 0 Å². The lowest BCUT2D eigenvalue weighted by atomic mass is 10.0. The molecule has 0 aliphatic carbocycles. The topological polar surface area (TPSA) is 33.4 Å². The quantitative estimate of drug-likeness (QED) is 0.0501. The van der Waals surface area contributed by atoms with Gasteiger partial charge in [0.2, 0.25) is 12.1 Å². The van der Waals surface area contributed by atoms with Gasteiger partial charge in [-0.2, -0.15) is 4.57 Å². The van der Waals surface area contributed by atoms with Crippen molar-refractivity contribution in [2.75, 3.05) is 26.3 Å². The number of morpholine rings is 1. The number of aromatic nitrogens is 1. The lowest BCUT2D eigenvalue weighted by Gasteiger charge is -2.25. The summed E-state index contributed by atoms with van der Waals surface area (Å²) in [6, 6.07) is 0. The summed E-state index contributed by atoms with van der Waals surface area (Å²) in [5, 5.41) is 0. The van der Waals surface area contributed by atoms with Crippen LogP contribution in [0.3, 0.4) is 0 Å². The maximum absolute atomic E-state index is 13.1. The number of hydrogen-bond donors (Lipinski definition) is 0. The Kier molecular flexibility index (Phi) is 34.8. The van der Waals surface area contributed by atoms with Crippen LogP contribution < -0.4 is 21.5 Å². The third-order valence-corrected chi connectivity index (χ3v) is 12.3. The second kappa shape index (κ2) is 36.5. The number of amides is 1. The Bertz CT molecular complexity index is 888. The second-order valence-corrected chi connectivity index (χ2v) is 16.8. The Balaban J connectivity index is 0.0000130. The standard InChI is InChI=1S/C45H85N2O2S.BrH/c1-3-5-7-9-11-13-15-17-19-21-23-25-27-29-31-33-35-43-44(50-42-47(43)41-45(48)46-37-39-49-40-38-46)36-34-32-30-28-26-24-22-20-18-16-14-12-10-8-6-4-2;/h42H,3-41H2,1-2H3;1H/q+1;/p-1. The van der Waals surface area contributed by atoms with Crippen LogP contribution in [0.2, 0.25) is 0 Å². The SMILES string of the molecule is CCCCCCCCCCCCCCCCCCc1sc[n+](CC(=O)N2CCOCC2)c1CCCCCCCCCCCCCCCCCC.[Br-]. The van der Waals surface area contributed by atoms with Crippen LogP contribution in [0.15, 0.2) is 5.51 Å². The van der Waals surface area contributed by atoms with Crippen molar-refractivity contribution in [3.8, 4) is 0 Å². The van der Waals surface area contributed by atoms with Gasteiger partial charge >= 0.3 is 0 Å². The molecule has 0 atom stereocenters. The summed E-state index contributed by atoms with van der Waals surface area (Å²) in [5.74, 6) is 0.262. The van der Waals surface area contributed by atoms with Gasteiger partial charge < -0.3 is 26.6 Å². The maximum Gasteiger partial charge on any atom is 0.288 e. The van der Waals surface area contributed by atoms with Crippen molar-refractivity contribution in [2.24, 2.45) is 0 Å². The monoisotopic (exact) mass is 797 g/mol. The first-order valence-corrected chi connectivity index (χ1v) is 23.5. The van der Waals surface area contributed by atoms with Crippen molar-refractivity contribution in [3.63, 3.8) is 0 Å². The highest BCUT2D eigenvalue weighted by molar-refractivity contribution is 7.09. The lowest BCUT2D eigenvalue weighted by molar-refractivity contribution is -0.688. The lowest BCUT2D eigenvalue weighted by Crippen LogP contribution is -3.00.